The second-order valence-electron chi connectivity index (χ2n) is 6.53. The molecule has 0 aliphatic carbocycles. The number of para-hydroxylation sites is 1. The van der Waals surface area contributed by atoms with E-state index in [1.165, 1.54) is 28.0 Å². The van der Waals surface area contributed by atoms with Crippen LogP contribution >= 0.6 is 23.1 Å². The third-order valence-electron chi connectivity index (χ3n) is 4.53. The van der Waals surface area contributed by atoms with Gasteiger partial charge in [0.05, 0.1) is 12.2 Å². The van der Waals surface area contributed by atoms with Gasteiger partial charge in [0, 0.05) is 10.6 Å². The number of nitrogens with one attached hydrogen (secondary N) is 2. The fourth-order valence-electron chi connectivity index (χ4n) is 3.19. The SMILES string of the molecule is O=C(Cc1cccs1)NC1C(=O)N2C1SCC(Nc1ccccc1)=N[C@H]2C(=O)O. The van der Waals surface area contributed by atoms with Crippen LogP contribution in [0.2, 0.25) is 0 Å². The van der Waals surface area contributed by atoms with E-state index in [-0.39, 0.29) is 12.3 Å². The van der Waals surface area contributed by atoms with Crippen LogP contribution in [0.4, 0.5) is 5.69 Å². The molecule has 0 saturated carbocycles. The average Bonchev–Trinajstić information content (AvgIpc) is 3.14. The second kappa shape index (κ2) is 8.26. The Hall–Kier alpha value is -2.85. The number of anilines is 1. The van der Waals surface area contributed by atoms with Crippen molar-refractivity contribution in [3.8, 4) is 0 Å². The van der Waals surface area contributed by atoms with Crippen LogP contribution in [-0.2, 0) is 20.8 Å². The van der Waals surface area contributed by atoms with Gasteiger partial charge in [0.1, 0.15) is 17.3 Å². The van der Waals surface area contributed by atoms with Crippen molar-refractivity contribution in [2.24, 2.45) is 4.99 Å². The van der Waals surface area contributed by atoms with Crippen LogP contribution in [0.1, 0.15) is 4.88 Å². The lowest BCUT2D eigenvalue weighted by Gasteiger charge is -2.46. The molecule has 1 aromatic heterocycles. The lowest BCUT2D eigenvalue weighted by molar-refractivity contribution is -0.161. The summed E-state index contributed by atoms with van der Waals surface area (Å²) in [5.74, 6) is -1.03. The monoisotopic (exact) mass is 430 g/mol. The van der Waals surface area contributed by atoms with Gasteiger partial charge >= 0.3 is 5.97 Å². The summed E-state index contributed by atoms with van der Waals surface area (Å²) in [6.45, 7) is 0. The van der Waals surface area contributed by atoms with Gasteiger partial charge in [-0.3, -0.25) is 14.5 Å². The van der Waals surface area contributed by atoms with E-state index in [0.29, 0.717) is 11.6 Å². The van der Waals surface area contributed by atoms with E-state index in [0.717, 1.165) is 10.6 Å². The summed E-state index contributed by atoms with van der Waals surface area (Å²) in [6.07, 6.45) is -1.13. The molecule has 2 amide bonds. The van der Waals surface area contributed by atoms with Crippen molar-refractivity contribution in [1.82, 2.24) is 10.2 Å². The van der Waals surface area contributed by atoms with Gasteiger partial charge in [0.2, 0.25) is 12.1 Å². The maximum atomic E-state index is 12.6. The largest absolute Gasteiger partial charge is 0.478 e. The van der Waals surface area contributed by atoms with E-state index in [1.807, 2.05) is 47.8 Å². The number of carbonyl (C=O) groups is 3. The number of fused-ring (bicyclic) bond motifs is 1. The number of amidine groups is 1. The molecule has 1 fully saturated rings. The highest BCUT2D eigenvalue weighted by Gasteiger charge is 2.54. The first-order valence-corrected chi connectivity index (χ1v) is 10.8. The minimum absolute atomic E-state index is 0.193. The predicted molar refractivity (Wildman–Crippen MR) is 112 cm³/mol. The molecule has 3 atom stereocenters. The molecule has 8 nitrogen and oxygen atoms in total. The van der Waals surface area contributed by atoms with Crippen LogP contribution in [-0.4, -0.2) is 57.0 Å². The van der Waals surface area contributed by atoms with Crippen molar-refractivity contribution >= 4 is 52.4 Å². The van der Waals surface area contributed by atoms with Gasteiger partial charge in [-0.2, -0.15) is 0 Å². The number of amides is 2. The summed E-state index contributed by atoms with van der Waals surface area (Å²) in [5.41, 5.74) is 0.785. The van der Waals surface area contributed by atoms with Gasteiger partial charge in [-0.25, -0.2) is 9.79 Å². The Morgan fingerprint density at radius 3 is 2.69 bits per heavy atom. The Labute approximate surface area is 175 Å². The minimum Gasteiger partial charge on any atom is -0.478 e. The smallest absolute Gasteiger partial charge is 0.349 e. The number of rotatable bonds is 5. The van der Waals surface area contributed by atoms with Crippen LogP contribution in [0.25, 0.3) is 0 Å². The number of thioether (sulfide) groups is 1. The zero-order chi connectivity index (χ0) is 20.4. The lowest BCUT2D eigenvalue weighted by atomic mass is 10.1. The van der Waals surface area contributed by atoms with Gasteiger partial charge < -0.3 is 15.7 Å². The predicted octanol–water partition coefficient (Wildman–Crippen LogP) is 1.61. The number of hydrogen-bond acceptors (Lipinski definition) is 7. The zero-order valence-corrected chi connectivity index (χ0v) is 16.8. The number of carbonyl (C=O) groups excluding carboxylic acids is 2. The number of aliphatic imine (C=N–C) groups is 1. The second-order valence-corrected chi connectivity index (χ2v) is 8.66. The number of carboxylic acids is 1. The standard InChI is InChI=1S/C19H18N4O4S2/c24-14(9-12-7-4-8-28-12)22-15-17(25)23-16(19(26)27)21-13(10-29-18(15)23)20-11-5-2-1-3-6-11/h1-8,15-16,18H,9-10H2,(H,20,21)(H,22,24)(H,26,27)/t15?,16-,18?/m1/s1. The highest BCUT2D eigenvalue weighted by molar-refractivity contribution is 8.00. The van der Waals surface area contributed by atoms with Crippen molar-refractivity contribution in [2.45, 2.75) is 24.0 Å². The molecule has 1 saturated heterocycles. The molecule has 3 heterocycles. The van der Waals surface area contributed by atoms with Crippen molar-refractivity contribution < 1.29 is 19.5 Å². The lowest BCUT2D eigenvalue weighted by Crippen LogP contribution is -2.72. The molecule has 3 N–H and O–H groups in total. The van der Waals surface area contributed by atoms with Crippen LogP contribution in [0.3, 0.4) is 0 Å². The van der Waals surface area contributed by atoms with Crippen LogP contribution < -0.4 is 10.6 Å². The van der Waals surface area contributed by atoms with E-state index in [4.69, 9.17) is 0 Å². The molecule has 2 aliphatic heterocycles. The molecule has 10 heteroatoms. The highest BCUT2D eigenvalue weighted by atomic mass is 32.2. The van der Waals surface area contributed by atoms with Crippen LogP contribution in [0.15, 0.2) is 52.8 Å². The molecule has 2 aliphatic rings. The first kappa shape index (κ1) is 19.5. The Bertz CT molecular complexity index is 948. The molecule has 29 heavy (non-hydrogen) atoms. The summed E-state index contributed by atoms with van der Waals surface area (Å²) in [7, 11) is 0. The van der Waals surface area contributed by atoms with E-state index in [9.17, 15) is 19.5 Å². The van der Waals surface area contributed by atoms with Crippen LogP contribution in [0.5, 0.6) is 0 Å². The van der Waals surface area contributed by atoms with E-state index in [1.54, 1.807) is 0 Å². The molecule has 1 aromatic carbocycles. The molecular weight excluding hydrogens is 412 g/mol. The topological polar surface area (TPSA) is 111 Å². The Morgan fingerprint density at radius 2 is 2.00 bits per heavy atom. The highest BCUT2D eigenvalue weighted by Crippen LogP contribution is 2.35. The number of nitrogens with zero attached hydrogens (tertiary/aromatic N) is 2. The number of carboxylic acid groups (broad SMARTS) is 1. The van der Waals surface area contributed by atoms with Crippen molar-refractivity contribution in [3.63, 3.8) is 0 Å². The Morgan fingerprint density at radius 1 is 1.21 bits per heavy atom. The van der Waals surface area contributed by atoms with Gasteiger partial charge in [0.25, 0.3) is 5.91 Å². The molecule has 2 aromatic rings. The summed E-state index contributed by atoms with van der Waals surface area (Å²) >= 11 is 2.85. The molecular formula is C19H18N4O4S2. The number of β-lactam (4-membered cyclic amide) rings is 1. The summed E-state index contributed by atoms with van der Waals surface area (Å²) in [4.78, 5) is 43.1. The zero-order valence-electron chi connectivity index (χ0n) is 15.1. The number of aliphatic carboxylic acids is 1. The minimum atomic E-state index is -1.32. The van der Waals surface area contributed by atoms with Gasteiger partial charge in [-0.1, -0.05) is 24.3 Å². The van der Waals surface area contributed by atoms with Crippen molar-refractivity contribution in [3.05, 3.63) is 52.7 Å². The summed E-state index contributed by atoms with van der Waals surface area (Å²) in [6, 6.07) is 12.3. The van der Waals surface area contributed by atoms with E-state index >= 15 is 0 Å². The number of hydrogen-bond donors (Lipinski definition) is 3. The third-order valence-corrected chi connectivity index (χ3v) is 6.68. The molecule has 0 spiro atoms. The normalized spacial score (nSPS) is 23.3. The molecule has 2 unspecified atom stereocenters. The quantitative estimate of drug-likeness (QED) is 0.622. The molecule has 150 valence electrons. The maximum Gasteiger partial charge on any atom is 0.349 e. The summed E-state index contributed by atoms with van der Waals surface area (Å²) in [5, 5.41) is 16.9. The molecule has 4 rings (SSSR count). The maximum absolute atomic E-state index is 12.6. The third kappa shape index (κ3) is 4.13. The summed E-state index contributed by atoms with van der Waals surface area (Å²) < 4.78 is 0. The van der Waals surface area contributed by atoms with Gasteiger partial charge in [0.15, 0.2) is 0 Å². The number of thiophene rings is 1. The molecule has 0 radical (unpaired) electrons. The fourth-order valence-corrected chi connectivity index (χ4v) is 5.13. The Kier molecular flexibility index (Phi) is 5.54. The van der Waals surface area contributed by atoms with E-state index < -0.39 is 29.5 Å². The number of benzene rings is 1. The van der Waals surface area contributed by atoms with Gasteiger partial charge in [-0.05, 0) is 23.6 Å². The van der Waals surface area contributed by atoms with Crippen molar-refractivity contribution in [2.75, 3.05) is 11.1 Å². The van der Waals surface area contributed by atoms with Crippen LogP contribution in [0, 0.1) is 0 Å². The van der Waals surface area contributed by atoms with Gasteiger partial charge in [-0.15, -0.1) is 23.1 Å². The van der Waals surface area contributed by atoms with Crippen molar-refractivity contribution in [1.29, 1.82) is 0 Å². The average molecular weight is 431 g/mol. The fraction of sp³-hybridized carbons (Fsp3) is 0.263. The first-order chi connectivity index (χ1) is 14.0. The van der Waals surface area contributed by atoms with E-state index in [2.05, 4.69) is 15.6 Å². The molecule has 0 bridgehead atoms. The Balaban J connectivity index is 1.46. The first-order valence-electron chi connectivity index (χ1n) is 8.90.